The summed E-state index contributed by atoms with van der Waals surface area (Å²) in [5.41, 5.74) is 3.22. The monoisotopic (exact) mass is 506 g/mol. The minimum Gasteiger partial charge on any atom is -0.374 e. The van der Waals surface area contributed by atoms with Crippen molar-refractivity contribution in [3.63, 3.8) is 0 Å². The van der Waals surface area contributed by atoms with Gasteiger partial charge in [-0.1, -0.05) is 0 Å². The van der Waals surface area contributed by atoms with E-state index in [9.17, 15) is 13.6 Å². The maximum atomic E-state index is 15.0. The molecule has 10 heteroatoms. The van der Waals surface area contributed by atoms with Crippen molar-refractivity contribution in [3.8, 4) is 11.1 Å². The number of halogens is 2. The Morgan fingerprint density at radius 1 is 1.22 bits per heavy atom. The SMILES string of the molecule is Cc1cc(F)c(NC(=O)c2cnn(C(C)(C)C)c2F)cc1-c1cc(N2C[C@H]3C[C@@H]2CO3)c2nccn2c1. The molecule has 6 rings (SSSR count). The molecule has 1 aromatic carbocycles. The lowest BCUT2D eigenvalue weighted by molar-refractivity contribution is 0.0991. The number of carbonyl (C=O) groups excluding carboxylic acids is 1. The number of morpholine rings is 1. The van der Waals surface area contributed by atoms with E-state index in [2.05, 4.69) is 26.4 Å². The van der Waals surface area contributed by atoms with Gasteiger partial charge in [0.2, 0.25) is 5.95 Å². The van der Waals surface area contributed by atoms with Crippen molar-refractivity contribution in [3.05, 3.63) is 65.9 Å². The van der Waals surface area contributed by atoms with Crippen molar-refractivity contribution < 1.29 is 18.3 Å². The molecule has 0 saturated carbocycles. The third-order valence-corrected chi connectivity index (χ3v) is 7.14. The summed E-state index contributed by atoms with van der Waals surface area (Å²) in [6, 6.07) is 5.33. The molecule has 37 heavy (non-hydrogen) atoms. The van der Waals surface area contributed by atoms with Crippen LogP contribution in [0.4, 0.5) is 20.2 Å². The third kappa shape index (κ3) is 3.96. The maximum Gasteiger partial charge on any atom is 0.262 e. The molecular formula is C27H28F2N6O2. The average Bonchev–Trinajstić information content (AvgIpc) is 3.63. The Labute approximate surface area is 212 Å². The molecule has 1 N–H and O–H groups in total. The molecule has 192 valence electrons. The Kier molecular flexibility index (Phi) is 5.34. The van der Waals surface area contributed by atoms with E-state index in [-0.39, 0.29) is 17.4 Å². The molecule has 2 aliphatic rings. The molecule has 0 spiro atoms. The van der Waals surface area contributed by atoms with E-state index in [1.165, 1.54) is 6.07 Å². The molecule has 0 aliphatic carbocycles. The number of carbonyl (C=O) groups is 1. The van der Waals surface area contributed by atoms with E-state index in [1.54, 1.807) is 33.0 Å². The predicted octanol–water partition coefficient (Wildman–Crippen LogP) is 4.77. The highest BCUT2D eigenvalue weighted by atomic mass is 19.1. The van der Waals surface area contributed by atoms with Crippen LogP contribution in [-0.2, 0) is 10.3 Å². The zero-order chi connectivity index (χ0) is 26.1. The number of hydrogen-bond donors (Lipinski definition) is 1. The summed E-state index contributed by atoms with van der Waals surface area (Å²) >= 11 is 0. The second-order valence-corrected chi connectivity index (χ2v) is 10.8. The molecule has 0 radical (unpaired) electrons. The number of rotatable bonds is 4. The van der Waals surface area contributed by atoms with Crippen LogP contribution in [0.2, 0.25) is 0 Å². The number of nitrogens with one attached hydrogen (secondary N) is 1. The van der Waals surface area contributed by atoms with E-state index in [0.717, 1.165) is 46.3 Å². The summed E-state index contributed by atoms with van der Waals surface area (Å²) in [5.74, 6) is -2.13. The number of anilines is 2. The number of nitrogens with zero attached hydrogens (tertiary/aromatic N) is 5. The highest BCUT2D eigenvalue weighted by molar-refractivity contribution is 6.04. The van der Waals surface area contributed by atoms with Crippen molar-refractivity contribution >= 4 is 22.9 Å². The van der Waals surface area contributed by atoms with Crippen molar-refractivity contribution in [2.75, 3.05) is 23.4 Å². The molecule has 3 aromatic heterocycles. The van der Waals surface area contributed by atoms with Gasteiger partial charge in [0.25, 0.3) is 5.91 Å². The van der Waals surface area contributed by atoms with Gasteiger partial charge in [0.1, 0.15) is 11.4 Å². The summed E-state index contributed by atoms with van der Waals surface area (Å²) in [4.78, 5) is 19.8. The van der Waals surface area contributed by atoms with Crippen LogP contribution in [0.3, 0.4) is 0 Å². The quantitative estimate of drug-likeness (QED) is 0.432. The first-order valence-corrected chi connectivity index (χ1v) is 12.3. The van der Waals surface area contributed by atoms with E-state index < -0.39 is 23.2 Å². The van der Waals surface area contributed by atoms with Gasteiger partial charge in [-0.2, -0.15) is 9.49 Å². The lowest BCUT2D eigenvalue weighted by Crippen LogP contribution is -2.37. The normalized spacial score (nSPS) is 19.2. The Morgan fingerprint density at radius 3 is 2.70 bits per heavy atom. The fourth-order valence-corrected chi connectivity index (χ4v) is 5.29. The number of imidazole rings is 1. The molecule has 2 atom stereocenters. The van der Waals surface area contributed by atoms with E-state index in [4.69, 9.17) is 4.74 Å². The lowest BCUT2D eigenvalue weighted by atomic mass is 10.00. The van der Waals surface area contributed by atoms with Crippen molar-refractivity contribution in [1.29, 1.82) is 0 Å². The van der Waals surface area contributed by atoms with Gasteiger partial charge < -0.3 is 19.4 Å². The van der Waals surface area contributed by atoms with Gasteiger partial charge in [0.15, 0.2) is 5.65 Å². The highest BCUT2D eigenvalue weighted by Crippen LogP contribution is 2.38. The zero-order valence-corrected chi connectivity index (χ0v) is 21.1. The summed E-state index contributed by atoms with van der Waals surface area (Å²) in [6.45, 7) is 8.65. The molecule has 2 saturated heterocycles. The van der Waals surface area contributed by atoms with E-state index in [1.807, 2.05) is 23.7 Å². The van der Waals surface area contributed by atoms with Crippen molar-refractivity contribution in [2.45, 2.75) is 51.8 Å². The van der Waals surface area contributed by atoms with Crippen LogP contribution in [0.1, 0.15) is 43.1 Å². The molecule has 5 heterocycles. The summed E-state index contributed by atoms with van der Waals surface area (Å²) in [5, 5.41) is 6.54. The topological polar surface area (TPSA) is 76.7 Å². The van der Waals surface area contributed by atoms with E-state index >= 15 is 0 Å². The standard InChI is InChI=1S/C27H28F2N6O2/c1-15-7-21(28)22(32-26(36)20-11-31-35(24(20)29)27(2,3)4)10-19(15)16-8-23(25-30-5-6-33(25)12-16)34-13-18-9-17(34)14-37-18/h5-8,10-12,17-18H,9,13-14H2,1-4H3,(H,32,36)/t17-,18-/m1/s1. The van der Waals surface area contributed by atoms with Gasteiger partial charge in [0.05, 0.1) is 41.9 Å². The van der Waals surface area contributed by atoms with Crippen molar-refractivity contribution in [1.82, 2.24) is 19.2 Å². The van der Waals surface area contributed by atoms with Crippen LogP contribution >= 0.6 is 0 Å². The number of hydrogen-bond acceptors (Lipinski definition) is 5. The number of amides is 1. The van der Waals surface area contributed by atoms with Crippen LogP contribution < -0.4 is 10.2 Å². The predicted molar refractivity (Wildman–Crippen MR) is 136 cm³/mol. The van der Waals surface area contributed by atoms with Gasteiger partial charge in [-0.15, -0.1) is 0 Å². The van der Waals surface area contributed by atoms with Crippen LogP contribution in [0, 0.1) is 18.7 Å². The van der Waals surface area contributed by atoms with Crippen LogP contribution in [-0.4, -0.2) is 50.4 Å². The fraction of sp³-hybridized carbons (Fsp3) is 0.370. The average molecular weight is 507 g/mol. The number of benzene rings is 1. The minimum atomic E-state index is -0.767. The summed E-state index contributed by atoms with van der Waals surface area (Å²) in [6.07, 6.45) is 7.95. The van der Waals surface area contributed by atoms with E-state index in [0.29, 0.717) is 18.2 Å². The van der Waals surface area contributed by atoms with Gasteiger partial charge in [0, 0.05) is 30.7 Å². The third-order valence-electron chi connectivity index (χ3n) is 7.14. The largest absolute Gasteiger partial charge is 0.374 e. The maximum absolute atomic E-state index is 15.0. The number of ether oxygens (including phenoxy) is 1. The minimum absolute atomic E-state index is 0.0329. The first-order chi connectivity index (χ1) is 17.6. The van der Waals surface area contributed by atoms with Gasteiger partial charge >= 0.3 is 0 Å². The fourth-order valence-electron chi connectivity index (χ4n) is 5.29. The Morgan fingerprint density at radius 2 is 2.03 bits per heavy atom. The molecule has 8 nitrogen and oxygen atoms in total. The molecule has 2 fully saturated rings. The van der Waals surface area contributed by atoms with Gasteiger partial charge in [-0.3, -0.25) is 4.79 Å². The highest BCUT2D eigenvalue weighted by Gasteiger charge is 2.40. The van der Waals surface area contributed by atoms with Crippen LogP contribution in [0.25, 0.3) is 16.8 Å². The van der Waals surface area contributed by atoms with Crippen LogP contribution in [0.5, 0.6) is 0 Å². The van der Waals surface area contributed by atoms with Crippen molar-refractivity contribution in [2.24, 2.45) is 0 Å². The molecular weight excluding hydrogens is 478 g/mol. The number of aromatic nitrogens is 4. The van der Waals surface area contributed by atoms with Crippen LogP contribution in [0.15, 0.2) is 43.0 Å². The van der Waals surface area contributed by atoms with Gasteiger partial charge in [-0.05, 0) is 63.4 Å². The number of fused-ring (bicyclic) bond motifs is 3. The second kappa shape index (κ2) is 8.37. The molecule has 4 aromatic rings. The summed E-state index contributed by atoms with van der Waals surface area (Å²) < 4.78 is 38.7. The molecule has 1 amide bonds. The lowest BCUT2D eigenvalue weighted by Gasteiger charge is -2.29. The number of pyridine rings is 1. The Bertz CT molecular complexity index is 1540. The first-order valence-electron chi connectivity index (χ1n) is 12.3. The summed E-state index contributed by atoms with van der Waals surface area (Å²) in [7, 11) is 0. The Hall–Kier alpha value is -3.79. The smallest absolute Gasteiger partial charge is 0.262 e. The molecule has 2 bridgehead atoms. The van der Waals surface area contributed by atoms with Gasteiger partial charge in [-0.25, -0.2) is 14.1 Å². The Balaban J connectivity index is 1.37. The molecule has 2 aliphatic heterocycles. The first kappa shape index (κ1) is 23.6. The second-order valence-electron chi connectivity index (χ2n) is 10.8. The molecule has 0 unspecified atom stereocenters. The zero-order valence-electron chi connectivity index (χ0n) is 21.1. The number of aryl methyl sites for hydroxylation is 1.